The van der Waals surface area contributed by atoms with Crippen LogP contribution in [0.15, 0.2) is 53.3 Å². The van der Waals surface area contributed by atoms with Crippen LogP contribution < -0.4 is 14.9 Å². The number of benzene rings is 1. The Morgan fingerprint density at radius 2 is 1.92 bits per heavy atom. The summed E-state index contributed by atoms with van der Waals surface area (Å²) in [5.41, 5.74) is 5.35. The summed E-state index contributed by atoms with van der Waals surface area (Å²) in [6.07, 6.45) is 4.23. The summed E-state index contributed by atoms with van der Waals surface area (Å²) in [4.78, 5) is 19.3. The molecule has 1 aromatic carbocycles. The number of hydrogen-bond acceptors (Lipinski definition) is 6. The number of urea groups is 1. The van der Waals surface area contributed by atoms with Crippen LogP contribution >= 0.6 is 0 Å². The summed E-state index contributed by atoms with van der Waals surface area (Å²) < 4.78 is 54.6. The van der Waals surface area contributed by atoms with Gasteiger partial charge in [-0.3, -0.25) is 4.68 Å². The molecule has 2 N–H and O–H groups in total. The molecule has 0 radical (unpaired) electrons. The molecule has 2 aliphatic rings. The summed E-state index contributed by atoms with van der Waals surface area (Å²) >= 11 is 0. The van der Waals surface area contributed by atoms with E-state index in [4.69, 9.17) is 0 Å². The van der Waals surface area contributed by atoms with Gasteiger partial charge < -0.3 is 10.2 Å². The topological polar surface area (TPSA) is 109 Å². The SMILES string of the molecule is Cc1cc2c(c(NC(=O)NS(=O)(=O)c3ccn(C4CC(=C(F)F)C4)n3)c1-c1ccnc(N(C)C)c1)CCC2. The van der Waals surface area contributed by atoms with Crippen LogP contribution in [0, 0.1) is 6.92 Å². The standard InChI is InChI=1S/C26H28F2N6O3S/c1-15-11-16-5-4-6-20(16)24(23(15)17-7-9-29-21(14-17)33(2)3)30-26(35)32-38(36,37)22-8-10-34(31-22)19-12-18(13-19)25(27)28/h7-11,14,19H,4-6,12-13H2,1-3H3,(H2,30,32,35). The van der Waals surface area contributed by atoms with Crippen molar-refractivity contribution in [2.45, 2.75) is 50.1 Å². The number of nitrogens with zero attached hydrogens (tertiary/aromatic N) is 4. The van der Waals surface area contributed by atoms with Crippen LogP contribution in [0.4, 0.5) is 25.1 Å². The van der Waals surface area contributed by atoms with E-state index in [0.29, 0.717) is 5.69 Å². The van der Waals surface area contributed by atoms with Gasteiger partial charge in [-0.2, -0.15) is 22.3 Å². The molecule has 1 fully saturated rings. The average molecular weight is 543 g/mol. The number of hydrogen-bond donors (Lipinski definition) is 2. The molecule has 2 amide bonds. The third-order valence-electron chi connectivity index (χ3n) is 7.02. The minimum Gasteiger partial charge on any atom is -0.363 e. The van der Waals surface area contributed by atoms with Crippen molar-refractivity contribution >= 4 is 27.6 Å². The zero-order valence-corrected chi connectivity index (χ0v) is 22.1. The maximum atomic E-state index is 13.1. The van der Waals surface area contributed by atoms with Crippen molar-refractivity contribution in [1.82, 2.24) is 19.5 Å². The van der Waals surface area contributed by atoms with Gasteiger partial charge in [0.1, 0.15) is 5.82 Å². The summed E-state index contributed by atoms with van der Waals surface area (Å²) in [6, 6.07) is 5.91. The Kier molecular flexibility index (Phi) is 6.68. The molecule has 2 aromatic heterocycles. The first kappa shape index (κ1) is 25.8. The second kappa shape index (κ2) is 9.82. The van der Waals surface area contributed by atoms with Crippen LogP contribution in [-0.2, 0) is 22.9 Å². The first-order chi connectivity index (χ1) is 18.0. The Morgan fingerprint density at radius 1 is 1.16 bits per heavy atom. The number of aryl methyl sites for hydroxylation is 2. The van der Waals surface area contributed by atoms with Crippen LogP contribution in [0.1, 0.15) is 42.0 Å². The van der Waals surface area contributed by atoms with Gasteiger partial charge in [-0.05, 0) is 85.1 Å². The van der Waals surface area contributed by atoms with Gasteiger partial charge in [-0.1, -0.05) is 6.07 Å². The molecule has 2 heterocycles. The molecule has 0 spiro atoms. The van der Waals surface area contributed by atoms with Crippen molar-refractivity contribution in [1.29, 1.82) is 0 Å². The fraction of sp³-hybridized carbons (Fsp3) is 0.346. The predicted molar refractivity (Wildman–Crippen MR) is 140 cm³/mol. The van der Waals surface area contributed by atoms with E-state index in [1.54, 1.807) is 6.20 Å². The number of sulfonamides is 1. The van der Waals surface area contributed by atoms with E-state index >= 15 is 0 Å². The number of nitrogens with one attached hydrogen (secondary N) is 2. The Bertz CT molecular complexity index is 1550. The number of amides is 2. The van der Waals surface area contributed by atoms with Crippen molar-refractivity contribution in [2.75, 3.05) is 24.3 Å². The van der Waals surface area contributed by atoms with Crippen molar-refractivity contribution < 1.29 is 22.0 Å². The molecule has 0 atom stereocenters. The maximum Gasteiger partial charge on any atom is 0.333 e. The number of anilines is 2. The summed E-state index contributed by atoms with van der Waals surface area (Å²) in [5.74, 6) is 0.749. The lowest BCUT2D eigenvalue weighted by molar-refractivity contribution is 0.256. The van der Waals surface area contributed by atoms with Crippen molar-refractivity contribution in [3.8, 4) is 11.1 Å². The second-order valence-corrected chi connectivity index (χ2v) is 11.5. The molecular weight excluding hydrogens is 514 g/mol. The van der Waals surface area contributed by atoms with E-state index in [0.717, 1.165) is 52.9 Å². The lowest BCUT2D eigenvalue weighted by Crippen LogP contribution is -2.35. The summed E-state index contributed by atoms with van der Waals surface area (Å²) in [5, 5.41) is 6.48. The van der Waals surface area contributed by atoms with Gasteiger partial charge in [-0.15, -0.1) is 0 Å². The Labute approximate surface area is 219 Å². The number of halogens is 2. The molecular formula is C26H28F2N6O3S. The average Bonchev–Trinajstić information content (AvgIpc) is 3.48. The predicted octanol–water partition coefficient (Wildman–Crippen LogP) is 4.80. The molecule has 3 aromatic rings. The molecule has 9 nitrogen and oxygen atoms in total. The maximum absolute atomic E-state index is 13.1. The number of pyridine rings is 1. The fourth-order valence-corrected chi connectivity index (χ4v) is 5.89. The van der Waals surface area contributed by atoms with Crippen molar-refractivity contribution in [3.63, 3.8) is 0 Å². The molecule has 2 aliphatic carbocycles. The van der Waals surface area contributed by atoms with Crippen LogP contribution in [0.3, 0.4) is 0 Å². The van der Waals surface area contributed by atoms with Gasteiger partial charge in [0.15, 0.2) is 5.03 Å². The lowest BCUT2D eigenvalue weighted by Gasteiger charge is -2.28. The van der Waals surface area contributed by atoms with E-state index in [1.807, 2.05) is 38.1 Å². The van der Waals surface area contributed by atoms with Gasteiger partial charge in [0.25, 0.3) is 16.1 Å². The van der Waals surface area contributed by atoms with E-state index in [-0.39, 0.29) is 29.5 Å². The van der Waals surface area contributed by atoms with E-state index < -0.39 is 22.1 Å². The number of carbonyl (C=O) groups excluding carboxylic acids is 1. The molecule has 0 bridgehead atoms. The normalized spacial score (nSPS) is 16.6. The fourth-order valence-electron chi connectivity index (χ4n) is 5.05. The molecule has 5 rings (SSSR count). The number of carbonyl (C=O) groups is 1. The van der Waals surface area contributed by atoms with Crippen LogP contribution in [0.2, 0.25) is 0 Å². The van der Waals surface area contributed by atoms with Crippen molar-refractivity contribution in [2.24, 2.45) is 0 Å². The molecule has 1 saturated carbocycles. The first-order valence-corrected chi connectivity index (χ1v) is 13.7. The molecule has 38 heavy (non-hydrogen) atoms. The number of rotatable bonds is 6. The minimum absolute atomic E-state index is 0.0424. The highest BCUT2D eigenvalue weighted by molar-refractivity contribution is 7.90. The largest absolute Gasteiger partial charge is 0.363 e. The molecule has 200 valence electrons. The van der Waals surface area contributed by atoms with E-state index in [1.165, 1.54) is 16.9 Å². The number of fused-ring (bicyclic) bond motifs is 1. The van der Waals surface area contributed by atoms with Gasteiger partial charge in [-0.25, -0.2) is 14.5 Å². The molecule has 0 saturated heterocycles. The summed E-state index contributed by atoms with van der Waals surface area (Å²) in [7, 11) is -0.518. The molecule has 0 aliphatic heterocycles. The third-order valence-corrected chi connectivity index (χ3v) is 8.24. The highest BCUT2D eigenvalue weighted by Crippen LogP contribution is 2.41. The molecule has 0 unspecified atom stereocenters. The van der Waals surface area contributed by atoms with Gasteiger partial charge in [0.2, 0.25) is 0 Å². The zero-order chi connectivity index (χ0) is 27.2. The summed E-state index contributed by atoms with van der Waals surface area (Å²) in [6.45, 7) is 1.96. The van der Waals surface area contributed by atoms with Gasteiger partial charge >= 0.3 is 6.03 Å². The Balaban J connectivity index is 1.41. The highest BCUT2D eigenvalue weighted by atomic mass is 32.2. The van der Waals surface area contributed by atoms with E-state index in [9.17, 15) is 22.0 Å². The smallest absolute Gasteiger partial charge is 0.333 e. The lowest BCUT2D eigenvalue weighted by atomic mass is 9.87. The second-order valence-electron chi connectivity index (χ2n) is 9.85. The first-order valence-electron chi connectivity index (χ1n) is 12.2. The zero-order valence-electron chi connectivity index (χ0n) is 21.3. The minimum atomic E-state index is -4.30. The van der Waals surface area contributed by atoms with Crippen molar-refractivity contribution in [3.05, 3.63) is 65.0 Å². The third kappa shape index (κ3) is 4.87. The Morgan fingerprint density at radius 3 is 2.63 bits per heavy atom. The van der Waals surface area contributed by atoms with Crippen LogP contribution in [-0.4, -0.2) is 43.3 Å². The highest BCUT2D eigenvalue weighted by Gasteiger charge is 2.31. The monoisotopic (exact) mass is 542 g/mol. The number of allylic oxidation sites excluding steroid dienone is 1. The molecule has 12 heteroatoms. The van der Waals surface area contributed by atoms with Gasteiger partial charge in [0, 0.05) is 32.1 Å². The van der Waals surface area contributed by atoms with Crippen LogP contribution in [0.25, 0.3) is 11.1 Å². The van der Waals surface area contributed by atoms with Crippen LogP contribution in [0.5, 0.6) is 0 Å². The Hall–Kier alpha value is -3.80. The van der Waals surface area contributed by atoms with Gasteiger partial charge in [0.05, 0.1) is 11.7 Å². The quantitative estimate of drug-likeness (QED) is 0.463. The number of aromatic nitrogens is 3. The van der Waals surface area contributed by atoms with E-state index in [2.05, 4.69) is 26.2 Å².